The lowest BCUT2D eigenvalue weighted by atomic mass is 10.3. The van der Waals surface area contributed by atoms with E-state index in [1.54, 1.807) is 0 Å². The number of carbonyl (C=O) groups is 1. The molecule has 1 aromatic heterocycles. The summed E-state index contributed by atoms with van der Waals surface area (Å²) >= 11 is 7.46. The van der Waals surface area contributed by atoms with Gasteiger partial charge in [-0.2, -0.15) is 4.31 Å². The number of amides is 1. The van der Waals surface area contributed by atoms with E-state index in [-0.39, 0.29) is 27.8 Å². The second kappa shape index (κ2) is 9.61. The summed E-state index contributed by atoms with van der Waals surface area (Å²) in [6.45, 7) is 6.25. The molecule has 162 valence electrons. The first-order valence-corrected chi connectivity index (χ1v) is 12.2. The van der Waals surface area contributed by atoms with Gasteiger partial charge in [-0.3, -0.25) is 4.79 Å². The lowest BCUT2D eigenvalue weighted by molar-refractivity contribution is -0.0440. The van der Waals surface area contributed by atoms with Crippen molar-refractivity contribution in [3.05, 3.63) is 41.2 Å². The Labute approximate surface area is 185 Å². The van der Waals surface area contributed by atoms with E-state index in [0.29, 0.717) is 23.9 Å². The van der Waals surface area contributed by atoms with Crippen molar-refractivity contribution in [2.45, 2.75) is 43.0 Å². The zero-order valence-electron chi connectivity index (χ0n) is 16.8. The Balaban J connectivity index is 1.74. The van der Waals surface area contributed by atoms with Crippen LogP contribution in [0.2, 0.25) is 5.02 Å². The first-order valence-electron chi connectivity index (χ1n) is 9.43. The number of benzene rings is 1. The largest absolute Gasteiger partial charge is 0.373 e. The maximum absolute atomic E-state index is 12.9. The molecule has 1 fully saturated rings. The normalized spacial score (nSPS) is 20.1. The molecule has 1 aliphatic rings. The highest BCUT2D eigenvalue weighted by molar-refractivity contribution is 7.99. The second-order valence-electron chi connectivity index (χ2n) is 6.84. The van der Waals surface area contributed by atoms with Crippen molar-refractivity contribution in [1.29, 1.82) is 0 Å². The first-order chi connectivity index (χ1) is 14.2. The fourth-order valence-electron chi connectivity index (χ4n) is 3.09. The molecule has 2 heterocycles. The van der Waals surface area contributed by atoms with E-state index in [9.17, 15) is 13.2 Å². The summed E-state index contributed by atoms with van der Waals surface area (Å²) < 4.78 is 32.9. The lowest BCUT2D eigenvalue weighted by Crippen LogP contribution is -2.48. The molecule has 11 heteroatoms. The molecule has 0 saturated carbocycles. The highest BCUT2D eigenvalue weighted by Gasteiger charge is 2.32. The number of nitrogens with one attached hydrogen (secondary N) is 1. The third-order valence-electron chi connectivity index (χ3n) is 4.35. The van der Waals surface area contributed by atoms with Gasteiger partial charge in [0.05, 0.1) is 28.3 Å². The molecule has 0 bridgehead atoms. The molecule has 1 aliphatic heterocycles. The fraction of sp³-hybridized carbons (Fsp3) is 0.421. The number of ether oxygens (including phenoxy) is 1. The van der Waals surface area contributed by atoms with Crippen LogP contribution >= 0.6 is 23.4 Å². The van der Waals surface area contributed by atoms with Crippen molar-refractivity contribution >= 4 is 45.0 Å². The van der Waals surface area contributed by atoms with Crippen LogP contribution in [0.4, 0.5) is 5.69 Å². The minimum atomic E-state index is -3.65. The van der Waals surface area contributed by atoms with E-state index in [0.717, 1.165) is 5.75 Å². The van der Waals surface area contributed by atoms with Crippen LogP contribution in [0.15, 0.2) is 40.5 Å². The molecule has 0 unspecified atom stereocenters. The van der Waals surface area contributed by atoms with Crippen LogP contribution in [0.5, 0.6) is 0 Å². The van der Waals surface area contributed by atoms with E-state index in [2.05, 4.69) is 15.3 Å². The Morgan fingerprint density at radius 1 is 1.27 bits per heavy atom. The number of carbonyl (C=O) groups excluding carboxylic acids is 1. The topological polar surface area (TPSA) is 101 Å². The Bertz CT molecular complexity index is 1010. The smallest absolute Gasteiger partial charge is 0.275 e. The maximum atomic E-state index is 12.9. The Morgan fingerprint density at radius 2 is 1.90 bits per heavy atom. The molecular formula is C19H23ClN4O4S2. The van der Waals surface area contributed by atoms with Crippen LogP contribution in [0.3, 0.4) is 0 Å². The van der Waals surface area contributed by atoms with Crippen LogP contribution in [0.1, 0.15) is 31.3 Å². The van der Waals surface area contributed by atoms with Gasteiger partial charge in [0, 0.05) is 18.8 Å². The third-order valence-corrected chi connectivity index (χ3v) is 7.21. The molecule has 0 radical (unpaired) electrons. The highest BCUT2D eigenvalue weighted by Crippen LogP contribution is 2.23. The minimum absolute atomic E-state index is 0.0654. The summed E-state index contributed by atoms with van der Waals surface area (Å²) in [7, 11) is -3.65. The number of hydrogen-bond acceptors (Lipinski definition) is 7. The average Bonchev–Trinajstić information content (AvgIpc) is 2.69. The predicted molar refractivity (Wildman–Crippen MR) is 117 cm³/mol. The standard InChI is InChI=1S/C19H23ClN4O4S2/c1-4-29-19-21-9-16(20)17(23-19)18(25)22-14-5-7-15(8-6-14)30(26,27)24-10-12(2)28-13(3)11-24/h5-9,12-13H,4,10-11H2,1-3H3,(H,22,25)/t12-,13-/m0/s1. The Morgan fingerprint density at radius 3 is 2.50 bits per heavy atom. The van der Waals surface area contributed by atoms with Crippen molar-refractivity contribution in [1.82, 2.24) is 14.3 Å². The SMILES string of the molecule is CCSc1ncc(Cl)c(C(=O)Nc2ccc(S(=O)(=O)N3C[C@H](C)O[C@@H](C)C3)cc2)n1. The zero-order chi connectivity index (χ0) is 21.9. The summed E-state index contributed by atoms with van der Waals surface area (Å²) in [5.74, 6) is 0.270. The number of halogens is 1. The van der Waals surface area contributed by atoms with Gasteiger partial charge in [0.1, 0.15) is 0 Å². The van der Waals surface area contributed by atoms with Crippen molar-refractivity contribution in [2.75, 3.05) is 24.2 Å². The Hall–Kier alpha value is -1.72. The molecule has 3 rings (SSSR count). The molecule has 2 atom stereocenters. The fourth-order valence-corrected chi connectivity index (χ4v) is 5.39. The molecule has 8 nitrogen and oxygen atoms in total. The van der Waals surface area contributed by atoms with E-state index >= 15 is 0 Å². The van der Waals surface area contributed by atoms with Crippen LogP contribution in [0.25, 0.3) is 0 Å². The van der Waals surface area contributed by atoms with Crippen molar-refractivity contribution < 1.29 is 17.9 Å². The third kappa shape index (κ3) is 5.30. The van der Waals surface area contributed by atoms with Crippen molar-refractivity contribution in [3.8, 4) is 0 Å². The van der Waals surface area contributed by atoms with Crippen LogP contribution in [-0.4, -0.2) is 59.6 Å². The highest BCUT2D eigenvalue weighted by atomic mass is 35.5. The minimum Gasteiger partial charge on any atom is -0.373 e. The number of morpholine rings is 1. The van der Waals surface area contributed by atoms with Gasteiger partial charge in [0.25, 0.3) is 5.91 Å². The molecular weight excluding hydrogens is 448 g/mol. The molecule has 2 aromatic rings. The van der Waals surface area contributed by atoms with E-state index in [1.165, 1.54) is 46.5 Å². The first kappa shape index (κ1) is 23.0. The number of hydrogen-bond donors (Lipinski definition) is 1. The van der Waals surface area contributed by atoms with Gasteiger partial charge in [-0.1, -0.05) is 30.3 Å². The number of nitrogens with zero attached hydrogens (tertiary/aromatic N) is 3. The number of rotatable bonds is 6. The molecule has 0 spiro atoms. The molecule has 1 aromatic carbocycles. The summed E-state index contributed by atoms with van der Waals surface area (Å²) in [5, 5.41) is 3.29. The van der Waals surface area contributed by atoms with Gasteiger partial charge in [-0.05, 0) is 43.9 Å². The number of thioether (sulfide) groups is 1. The van der Waals surface area contributed by atoms with Gasteiger partial charge in [0.15, 0.2) is 10.9 Å². The van der Waals surface area contributed by atoms with E-state index < -0.39 is 15.9 Å². The Kier molecular flexibility index (Phi) is 7.35. The maximum Gasteiger partial charge on any atom is 0.275 e. The van der Waals surface area contributed by atoms with Gasteiger partial charge < -0.3 is 10.1 Å². The summed E-state index contributed by atoms with van der Waals surface area (Å²) in [6, 6.07) is 6.01. The summed E-state index contributed by atoms with van der Waals surface area (Å²) in [5.41, 5.74) is 0.498. The quantitative estimate of drug-likeness (QED) is 0.510. The number of aromatic nitrogens is 2. The summed E-state index contributed by atoms with van der Waals surface area (Å²) in [4.78, 5) is 21.0. The molecule has 0 aliphatic carbocycles. The van der Waals surface area contributed by atoms with Crippen LogP contribution in [-0.2, 0) is 14.8 Å². The van der Waals surface area contributed by atoms with Crippen molar-refractivity contribution in [2.24, 2.45) is 0 Å². The average molecular weight is 471 g/mol. The molecule has 1 amide bonds. The van der Waals surface area contributed by atoms with Crippen LogP contribution in [0, 0.1) is 0 Å². The molecule has 1 saturated heterocycles. The summed E-state index contributed by atoms with van der Waals surface area (Å²) in [6.07, 6.45) is 1.05. The van der Waals surface area contributed by atoms with Gasteiger partial charge in [-0.15, -0.1) is 0 Å². The predicted octanol–water partition coefficient (Wildman–Crippen LogP) is 3.29. The van der Waals surface area contributed by atoms with E-state index in [4.69, 9.17) is 16.3 Å². The molecule has 1 N–H and O–H groups in total. The van der Waals surface area contributed by atoms with Gasteiger partial charge in [-0.25, -0.2) is 18.4 Å². The monoisotopic (exact) mass is 470 g/mol. The number of anilines is 1. The van der Waals surface area contributed by atoms with E-state index in [1.807, 2.05) is 20.8 Å². The van der Waals surface area contributed by atoms with Crippen molar-refractivity contribution in [3.63, 3.8) is 0 Å². The van der Waals surface area contributed by atoms with Gasteiger partial charge >= 0.3 is 0 Å². The lowest BCUT2D eigenvalue weighted by Gasteiger charge is -2.34. The zero-order valence-corrected chi connectivity index (χ0v) is 19.2. The van der Waals surface area contributed by atoms with Crippen LogP contribution < -0.4 is 5.32 Å². The number of sulfonamides is 1. The van der Waals surface area contributed by atoms with Gasteiger partial charge in [0.2, 0.25) is 10.0 Å². The second-order valence-corrected chi connectivity index (χ2v) is 10.4. The molecule has 30 heavy (non-hydrogen) atoms.